The number of likely N-dealkylation sites (N-methyl/N-ethyl adjacent to an activating group) is 1. The van der Waals surface area contributed by atoms with E-state index in [1.165, 1.54) is 17.4 Å². The Bertz CT molecular complexity index is 355. The highest BCUT2D eigenvalue weighted by Crippen LogP contribution is 2.19. The van der Waals surface area contributed by atoms with Crippen molar-refractivity contribution in [3.8, 4) is 0 Å². The van der Waals surface area contributed by atoms with Crippen molar-refractivity contribution >= 4 is 11.6 Å². The molecule has 0 heterocycles. The van der Waals surface area contributed by atoms with Crippen LogP contribution in [0.4, 0.5) is 5.69 Å². The summed E-state index contributed by atoms with van der Waals surface area (Å²) in [6, 6.07) is 7.81. The van der Waals surface area contributed by atoms with Gasteiger partial charge in [0.1, 0.15) is 6.10 Å². The van der Waals surface area contributed by atoms with Crippen molar-refractivity contribution in [1.29, 1.82) is 0 Å². The van der Waals surface area contributed by atoms with Gasteiger partial charge >= 0.3 is 0 Å². The fraction of sp³-hybridized carbons (Fsp3) is 0.462. The minimum atomic E-state index is -0.963. The van der Waals surface area contributed by atoms with Gasteiger partial charge in [0.25, 0.3) is 5.91 Å². The van der Waals surface area contributed by atoms with E-state index in [0.717, 1.165) is 5.69 Å². The molecule has 1 atom stereocenters. The smallest absolute Gasteiger partial charge is 0.255 e. The van der Waals surface area contributed by atoms with Crippen LogP contribution in [0.5, 0.6) is 0 Å². The number of aliphatic hydroxyl groups is 1. The molecule has 16 heavy (non-hydrogen) atoms. The zero-order chi connectivity index (χ0) is 12.3. The lowest BCUT2D eigenvalue weighted by Gasteiger charge is -2.19. The Morgan fingerprint density at radius 3 is 2.06 bits per heavy atom. The summed E-state index contributed by atoms with van der Waals surface area (Å²) in [7, 11) is 1.67. The number of amides is 1. The van der Waals surface area contributed by atoms with Crippen LogP contribution in [0.15, 0.2) is 24.3 Å². The van der Waals surface area contributed by atoms with Gasteiger partial charge in [-0.15, -0.1) is 0 Å². The standard InChI is InChI=1S/C13H19NO2/c1-9(2)11-5-7-12(8-6-11)14(4)13(16)10(3)15/h5-10,15H,1-4H3. The maximum Gasteiger partial charge on any atom is 0.255 e. The molecule has 0 radical (unpaired) electrons. The highest BCUT2D eigenvalue weighted by atomic mass is 16.3. The molecule has 0 fully saturated rings. The van der Waals surface area contributed by atoms with Crippen LogP contribution in [0.3, 0.4) is 0 Å². The molecule has 0 aliphatic rings. The number of carbonyl (C=O) groups excluding carboxylic acids is 1. The van der Waals surface area contributed by atoms with Crippen LogP contribution in [0.25, 0.3) is 0 Å². The summed E-state index contributed by atoms with van der Waals surface area (Å²) in [5, 5.41) is 9.20. The highest BCUT2D eigenvalue weighted by molar-refractivity contribution is 5.95. The first-order valence-corrected chi connectivity index (χ1v) is 5.49. The molecule has 1 aromatic rings. The maximum absolute atomic E-state index is 11.5. The van der Waals surface area contributed by atoms with Crippen LogP contribution in [-0.2, 0) is 4.79 Å². The first kappa shape index (κ1) is 12.7. The van der Waals surface area contributed by atoms with Crippen molar-refractivity contribution < 1.29 is 9.90 Å². The Balaban J connectivity index is 2.85. The number of rotatable bonds is 3. The third kappa shape index (κ3) is 2.83. The average Bonchev–Trinajstić information content (AvgIpc) is 2.27. The summed E-state index contributed by atoms with van der Waals surface area (Å²) in [6.45, 7) is 5.72. The molecule has 0 aliphatic carbocycles. The molecular weight excluding hydrogens is 202 g/mol. The largest absolute Gasteiger partial charge is 0.384 e. The summed E-state index contributed by atoms with van der Waals surface area (Å²) in [6.07, 6.45) is -0.963. The average molecular weight is 221 g/mol. The van der Waals surface area contributed by atoms with E-state index < -0.39 is 6.10 Å². The predicted molar refractivity (Wildman–Crippen MR) is 65.6 cm³/mol. The van der Waals surface area contributed by atoms with Crippen LogP contribution < -0.4 is 4.90 Å². The number of hydrogen-bond acceptors (Lipinski definition) is 2. The second-order valence-electron chi connectivity index (χ2n) is 4.32. The summed E-state index contributed by atoms with van der Waals surface area (Å²) >= 11 is 0. The minimum Gasteiger partial charge on any atom is -0.384 e. The summed E-state index contributed by atoms with van der Waals surface area (Å²) in [4.78, 5) is 13.0. The molecule has 0 aliphatic heterocycles. The monoisotopic (exact) mass is 221 g/mol. The lowest BCUT2D eigenvalue weighted by Crippen LogP contribution is -2.34. The van der Waals surface area contributed by atoms with E-state index in [2.05, 4.69) is 13.8 Å². The van der Waals surface area contributed by atoms with Crippen molar-refractivity contribution in [3.05, 3.63) is 29.8 Å². The molecule has 0 aromatic heterocycles. The molecular formula is C13H19NO2. The molecule has 1 rings (SSSR count). The highest BCUT2D eigenvalue weighted by Gasteiger charge is 2.15. The zero-order valence-electron chi connectivity index (χ0n) is 10.3. The molecule has 0 spiro atoms. The number of nitrogens with zero attached hydrogens (tertiary/aromatic N) is 1. The SMILES string of the molecule is CC(O)C(=O)N(C)c1ccc(C(C)C)cc1. The van der Waals surface area contributed by atoms with Gasteiger partial charge in [-0.05, 0) is 30.5 Å². The van der Waals surface area contributed by atoms with Crippen molar-refractivity contribution in [3.63, 3.8) is 0 Å². The molecule has 1 aromatic carbocycles. The van der Waals surface area contributed by atoms with Crippen molar-refractivity contribution in [2.45, 2.75) is 32.8 Å². The fourth-order valence-electron chi connectivity index (χ4n) is 1.49. The summed E-state index contributed by atoms with van der Waals surface area (Å²) < 4.78 is 0. The van der Waals surface area contributed by atoms with Crippen molar-refractivity contribution in [1.82, 2.24) is 0 Å². The van der Waals surface area contributed by atoms with Crippen LogP contribution in [-0.4, -0.2) is 24.2 Å². The third-order valence-electron chi connectivity index (χ3n) is 2.64. The first-order chi connectivity index (χ1) is 7.43. The van der Waals surface area contributed by atoms with Gasteiger partial charge in [-0.2, -0.15) is 0 Å². The molecule has 0 bridgehead atoms. The number of benzene rings is 1. The number of aliphatic hydroxyl groups excluding tert-OH is 1. The van der Waals surface area contributed by atoms with Crippen molar-refractivity contribution in [2.24, 2.45) is 0 Å². The Hall–Kier alpha value is -1.35. The number of anilines is 1. The van der Waals surface area contributed by atoms with E-state index in [1.807, 2.05) is 24.3 Å². The zero-order valence-corrected chi connectivity index (χ0v) is 10.3. The lowest BCUT2D eigenvalue weighted by molar-refractivity contribution is -0.125. The first-order valence-electron chi connectivity index (χ1n) is 5.49. The van der Waals surface area contributed by atoms with Gasteiger partial charge in [-0.25, -0.2) is 0 Å². The maximum atomic E-state index is 11.5. The minimum absolute atomic E-state index is 0.294. The molecule has 3 nitrogen and oxygen atoms in total. The van der Waals surface area contributed by atoms with Gasteiger partial charge in [-0.1, -0.05) is 26.0 Å². The second-order valence-corrected chi connectivity index (χ2v) is 4.32. The Kier molecular flexibility index (Phi) is 4.07. The molecule has 3 heteroatoms. The Labute approximate surface area is 96.7 Å². The number of hydrogen-bond donors (Lipinski definition) is 1. The molecule has 0 saturated carbocycles. The third-order valence-corrected chi connectivity index (χ3v) is 2.64. The normalized spacial score (nSPS) is 12.6. The van der Waals surface area contributed by atoms with Gasteiger partial charge in [0.2, 0.25) is 0 Å². The summed E-state index contributed by atoms with van der Waals surface area (Å²) in [5.74, 6) is 0.184. The Morgan fingerprint density at radius 2 is 1.69 bits per heavy atom. The number of carbonyl (C=O) groups is 1. The van der Waals surface area contributed by atoms with E-state index in [1.54, 1.807) is 7.05 Å². The van der Waals surface area contributed by atoms with Gasteiger partial charge in [0, 0.05) is 12.7 Å². The Morgan fingerprint density at radius 1 is 1.19 bits per heavy atom. The molecule has 0 saturated heterocycles. The van der Waals surface area contributed by atoms with E-state index in [9.17, 15) is 9.90 Å². The molecule has 88 valence electrons. The quantitative estimate of drug-likeness (QED) is 0.849. The second kappa shape index (κ2) is 5.12. The molecule has 1 unspecified atom stereocenters. The van der Waals surface area contributed by atoms with Gasteiger partial charge in [-0.3, -0.25) is 4.79 Å². The van der Waals surface area contributed by atoms with Crippen LogP contribution in [0, 0.1) is 0 Å². The van der Waals surface area contributed by atoms with E-state index in [0.29, 0.717) is 5.92 Å². The van der Waals surface area contributed by atoms with E-state index in [-0.39, 0.29) is 5.91 Å². The lowest BCUT2D eigenvalue weighted by atomic mass is 10.0. The van der Waals surface area contributed by atoms with Gasteiger partial charge in [0.05, 0.1) is 0 Å². The van der Waals surface area contributed by atoms with Crippen LogP contribution in [0.2, 0.25) is 0 Å². The van der Waals surface area contributed by atoms with Crippen molar-refractivity contribution in [2.75, 3.05) is 11.9 Å². The topological polar surface area (TPSA) is 40.5 Å². The molecule has 1 amide bonds. The fourth-order valence-corrected chi connectivity index (χ4v) is 1.49. The van der Waals surface area contributed by atoms with Gasteiger partial charge in [0.15, 0.2) is 0 Å². The van der Waals surface area contributed by atoms with Crippen LogP contribution in [0.1, 0.15) is 32.3 Å². The summed E-state index contributed by atoms with van der Waals surface area (Å²) in [5.41, 5.74) is 2.04. The van der Waals surface area contributed by atoms with Crippen LogP contribution >= 0.6 is 0 Å². The predicted octanol–water partition coefficient (Wildman–Crippen LogP) is 2.15. The van der Waals surface area contributed by atoms with E-state index >= 15 is 0 Å². The van der Waals surface area contributed by atoms with Gasteiger partial charge < -0.3 is 10.0 Å². The van der Waals surface area contributed by atoms with E-state index in [4.69, 9.17) is 0 Å². The molecule has 1 N–H and O–H groups in total.